The number of carbonyl (C=O) groups is 1. The number of nitrogens with zero attached hydrogens (tertiary/aromatic N) is 1. The maximum atomic E-state index is 12.4. The summed E-state index contributed by atoms with van der Waals surface area (Å²) in [7, 11) is 3.28. The van der Waals surface area contributed by atoms with E-state index >= 15 is 0 Å². The van der Waals surface area contributed by atoms with Crippen LogP contribution in [0.15, 0.2) is 42.5 Å². The molecule has 156 valence electrons. The number of ether oxygens (including phenoxy) is 2. The zero-order chi connectivity index (χ0) is 19.7. The van der Waals surface area contributed by atoms with Gasteiger partial charge in [-0.15, -0.1) is 12.4 Å². The van der Waals surface area contributed by atoms with E-state index in [1.807, 2.05) is 24.3 Å². The number of methoxy groups -OCH3 is 2. The first-order chi connectivity index (χ1) is 13.7. The molecule has 0 aromatic heterocycles. The van der Waals surface area contributed by atoms with Gasteiger partial charge < -0.3 is 19.9 Å². The van der Waals surface area contributed by atoms with E-state index in [1.54, 1.807) is 14.2 Å². The van der Waals surface area contributed by atoms with Crippen molar-refractivity contribution in [2.24, 2.45) is 0 Å². The lowest BCUT2D eigenvalue weighted by molar-refractivity contribution is -0.127. The number of piperazine rings is 1. The van der Waals surface area contributed by atoms with Crippen LogP contribution in [0.5, 0.6) is 11.5 Å². The number of aliphatic hydroxyl groups is 1. The molecule has 0 spiro atoms. The Balaban J connectivity index is 0.00000240. The molecule has 2 aromatic carbocycles. The van der Waals surface area contributed by atoms with Crippen LogP contribution in [0.2, 0.25) is 0 Å². The molecule has 2 heterocycles. The smallest absolute Gasteiger partial charge is 0.176 e. The highest BCUT2D eigenvalue weighted by Crippen LogP contribution is 2.43. The summed E-state index contributed by atoms with van der Waals surface area (Å²) in [6.07, 6.45) is 0.711. The Bertz CT molecular complexity index is 861. The second kappa shape index (κ2) is 9.13. The average molecular weight is 419 g/mol. The maximum absolute atomic E-state index is 12.4. The Morgan fingerprint density at radius 3 is 2.52 bits per heavy atom. The van der Waals surface area contributed by atoms with Gasteiger partial charge in [-0.3, -0.25) is 9.69 Å². The van der Waals surface area contributed by atoms with Gasteiger partial charge in [-0.1, -0.05) is 30.3 Å². The van der Waals surface area contributed by atoms with Crippen LogP contribution in [-0.2, 0) is 11.2 Å². The monoisotopic (exact) mass is 418 g/mol. The molecular formula is C22H27ClN2O4. The van der Waals surface area contributed by atoms with Gasteiger partial charge in [0.1, 0.15) is 6.61 Å². The Labute approximate surface area is 177 Å². The summed E-state index contributed by atoms with van der Waals surface area (Å²) < 4.78 is 11.1. The van der Waals surface area contributed by atoms with Crippen LogP contribution in [0, 0.1) is 0 Å². The number of fused-ring (bicyclic) bond motifs is 2. The number of nitrogens with one attached hydrogen (secondary N) is 1. The number of hydrogen-bond donors (Lipinski definition) is 2. The average Bonchev–Trinajstić information content (AvgIpc) is 2.76. The molecule has 29 heavy (non-hydrogen) atoms. The van der Waals surface area contributed by atoms with Gasteiger partial charge >= 0.3 is 0 Å². The Morgan fingerprint density at radius 1 is 1.17 bits per heavy atom. The topological polar surface area (TPSA) is 71.0 Å². The van der Waals surface area contributed by atoms with Crippen LogP contribution in [-0.4, -0.2) is 61.8 Å². The van der Waals surface area contributed by atoms with E-state index in [0.717, 1.165) is 12.1 Å². The number of carbonyl (C=O) groups excluding carboxylic acids is 1. The predicted molar refractivity (Wildman–Crippen MR) is 113 cm³/mol. The zero-order valence-corrected chi connectivity index (χ0v) is 17.4. The Morgan fingerprint density at radius 2 is 1.86 bits per heavy atom. The molecule has 2 aromatic rings. The first kappa shape index (κ1) is 21.6. The van der Waals surface area contributed by atoms with E-state index in [4.69, 9.17) is 9.47 Å². The van der Waals surface area contributed by atoms with E-state index in [-0.39, 0.29) is 36.3 Å². The van der Waals surface area contributed by atoms with Crippen LogP contribution < -0.4 is 14.8 Å². The first-order valence-corrected chi connectivity index (χ1v) is 9.60. The lowest BCUT2D eigenvalue weighted by atomic mass is 9.80. The summed E-state index contributed by atoms with van der Waals surface area (Å²) in [5, 5.41) is 12.8. The number of rotatable bonds is 5. The first-order valence-electron chi connectivity index (χ1n) is 9.60. The van der Waals surface area contributed by atoms with E-state index < -0.39 is 6.61 Å². The van der Waals surface area contributed by atoms with Crippen LogP contribution >= 0.6 is 12.4 Å². The SMILES string of the molecule is COc1cc2c(cc1OC)C(c1ccccc1)N1CCNC(C(=O)CO)C1C2.Cl. The van der Waals surface area contributed by atoms with E-state index in [1.165, 1.54) is 11.1 Å². The number of ketones is 1. The number of halogens is 1. The summed E-state index contributed by atoms with van der Waals surface area (Å²) in [6.45, 7) is 1.09. The van der Waals surface area contributed by atoms with Crippen molar-refractivity contribution in [3.8, 4) is 11.5 Å². The number of hydrogen-bond acceptors (Lipinski definition) is 6. The van der Waals surface area contributed by atoms with Crippen molar-refractivity contribution < 1.29 is 19.4 Å². The largest absolute Gasteiger partial charge is 0.493 e. The third kappa shape index (κ3) is 3.85. The molecule has 2 aliphatic heterocycles. The van der Waals surface area contributed by atoms with Crippen LogP contribution in [0.4, 0.5) is 0 Å². The zero-order valence-electron chi connectivity index (χ0n) is 16.6. The minimum absolute atomic E-state index is 0. The summed E-state index contributed by atoms with van der Waals surface area (Å²) in [5.74, 6) is 1.24. The fourth-order valence-electron chi connectivity index (χ4n) is 4.60. The van der Waals surface area contributed by atoms with Crippen molar-refractivity contribution in [1.82, 2.24) is 10.2 Å². The number of benzene rings is 2. The summed E-state index contributed by atoms with van der Waals surface area (Å²) >= 11 is 0. The highest BCUT2D eigenvalue weighted by atomic mass is 35.5. The normalized spacial score (nSPS) is 23.3. The minimum atomic E-state index is -0.448. The predicted octanol–water partition coefficient (Wildman–Crippen LogP) is 1.97. The minimum Gasteiger partial charge on any atom is -0.493 e. The molecule has 0 radical (unpaired) electrons. The van der Waals surface area contributed by atoms with Gasteiger partial charge in [0.15, 0.2) is 17.3 Å². The lowest BCUT2D eigenvalue weighted by Crippen LogP contribution is -2.64. The molecule has 1 fully saturated rings. The molecule has 2 aliphatic rings. The van der Waals surface area contributed by atoms with Crippen molar-refractivity contribution in [3.05, 3.63) is 59.2 Å². The summed E-state index contributed by atoms with van der Waals surface area (Å²) in [6, 6.07) is 14.0. The standard InChI is InChI=1S/C22H26N2O4.ClH/c1-27-19-11-15-10-17-21(18(26)13-25)23-8-9-24(17)22(14-6-4-3-5-7-14)16(15)12-20(19)28-2;/h3-7,11-12,17,21-23,25H,8-10,13H2,1-2H3;1H. The fourth-order valence-corrected chi connectivity index (χ4v) is 4.60. The molecule has 7 heteroatoms. The Kier molecular flexibility index (Phi) is 6.80. The van der Waals surface area contributed by atoms with Gasteiger partial charge in [0.25, 0.3) is 0 Å². The van der Waals surface area contributed by atoms with E-state index in [9.17, 15) is 9.90 Å². The molecule has 2 N–H and O–H groups in total. The second-order valence-electron chi connectivity index (χ2n) is 7.28. The summed E-state index contributed by atoms with van der Waals surface area (Å²) in [5.41, 5.74) is 3.50. The van der Waals surface area contributed by atoms with Crippen LogP contribution in [0.25, 0.3) is 0 Å². The molecule has 1 saturated heterocycles. The van der Waals surface area contributed by atoms with Gasteiger partial charge in [0.05, 0.1) is 26.3 Å². The molecular weight excluding hydrogens is 392 g/mol. The molecule has 0 aliphatic carbocycles. The van der Waals surface area contributed by atoms with E-state index in [2.05, 4.69) is 28.4 Å². The van der Waals surface area contributed by atoms with Crippen LogP contribution in [0.3, 0.4) is 0 Å². The van der Waals surface area contributed by atoms with Crippen molar-refractivity contribution in [1.29, 1.82) is 0 Å². The molecule has 4 rings (SSSR count). The summed E-state index contributed by atoms with van der Waals surface area (Å²) in [4.78, 5) is 14.8. The third-order valence-electron chi connectivity index (χ3n) is 5.86. The second-order valence-corrected chi connectivity index (χ2v) is 7.28. The quantitative estimate of drug-likeness (QED) is 0.773. The lowest BCUT2D eigenvalue weighted by Gasteiger charge is -2.49. The van der Waals surface area contributed by atoms with Crippen molar-refractivity contribution in [2.75, 3.05) is 33.9 Å². The molecule has 3 unspecified atom stereocenters. The maximum Gasteiger partial charge on any atom is 0.176 e. The molecule has 0 amide bonds. The highest BCUT2D eigenvalue weighted by Gasteiger charge is 2.43. The van der Waals surface area contributed by atoms with Crippen molar-refractivity contribution in [3.63, 3.8) is 0 Å². The molecule has 0 bridgehead atoms. The third-order valence-corrected chi connectivity index (χ3v) is 5.86. The van der Waals surface area contributed by atoms with Gasteiger partial charge in [-0.2, -0.15) is 0 Å². The fraction of sp³-hybridized carbons (Fsp3) is 0.409. The van der Waals surface area contributed by atoms with Crippen LogP contribution in [0.1, 0.15) is 22.7 Å². The van der Waals surface area contributed by atoms with E-state index in [0.29, 0.717) is 24.5 Å². The highest BCUT2D eigenvalue weighted by molar-refractivity contribution is 5.86. The van der Waals surface area contributed by atoms with Gasteiger partial charge in [-0.25, -0.2) is 0 Å². The van der Waals surface area contributed by atoms with Gasteiger partial charge in [-0.05, 0) is 35.2 Å². The number of aliphatic hydroxyl groups excluding tert-OH is 1. The molecule has 3 atom stereocenters. The number of Topliss-reactive ketones (excluding diaryl/α,β-unsaturated/α-hetero) is 1. The van der Waals surface area contributed by atoms with Crippen molar-refractivity contribution in [2.45, 2.75) is 24.5 Å². The van der Waals surface area contributed by atoms with Gasteiger partial charge in [0.2, 0.25) is 0 Å². The Hall–Kier alpha value is -2.12. The van der Waals surface area contributed by atoms with Gasteiger partial charge in [0, 0.05) is 19.1 Å². The van der Waals surface area contributed by atoms with Crippen molar-refractivity contribution >= 4 is 18.2 Å². The molecule has 6 nitrogen and oxygen atoms in total. The molecule has 0 saturated carbocycles.